The zero-order chi connectivity index (χ0) is 19.2. The van der Waals surface area contributed by atoms with Crippen LogP contribution < -0.4 is 10.2 Å². The highest BCUT2D eigenvalue weighted by Crippen LogP contribution is 2.24. The molecule has 0 aliphatic carbocycles. The van der Waals surface area contributed by atoms with Gasteiger partial charge in [-0.3, -0.25) is 15.0 Å². The fraction of sp³-hybridized carbons (Fsp3) is 0.333. The van der Waals surface area contributed by atoms with Gasteiger partial charge in [-0.25, -0.2) is 13.9 Å². The van der Waals surface area contributed by atoms with Gasteiger partial charge in [0.1, 0.15) is 17.1 Å². The van der Waals surface area contributed by atoms with Gasteiger partial charge in [-0.2, -0.15) is 0 Å². The summed E-state index contributed by atoms with van der Waals surface area (Å²) in [6.07, 6.45) is 4.82. The number of sulfone groups is 1. The Balaban J connectivity index is 1.99. The molecule has 2 aromatic rings. The Kier molecular flexibility index (Phi) is 6.33. The van der Waals surface area contributed by atoms with E-state index < -0.39 is 20.5 Å². The number of ether oxygens (including phenoxy) is 1. The molecule has 140 valence electrons. The molecule has 0 aliphatic heterocycles. The molecule has 8 heteroatoms. The molecule has 0 fully saturated rings. The summed E-state index contributed by atoms with van der Waals surface area (Å²) in [5.41, 5.74) is 3.26. The Bertz CT molecular complexity index is 838. The van der Waals surface area contributed by atoms with E-state index >= 15 is 0 Å². The fourth-order valence-electron chi connectivity index (χ4n) is 2.37. The van der Waals surface area contributed by atoms with Gasteiger partial charge in [0.15, 0.2) is 9.84 Å². The van der Waals surface area contributed by atoms with Crippen LogP contribution >= 0.6 is 0 Å². The Morgan fingerprint density at radius 2 is 1.92 bits per heavy atom. The van der Waals surface area contributed by atoms with Crippen LogP contribution in [-0.4, -0.2) is 35.5 Å². The average Bonchev–Trinajstić information content (AvgIpc) is 2.64. The number of rotatable bonds is 8. The summed E-state index contributed by atoms with van der Waals surface area (Å²) in [6.45, 7) is 1.70. The second kappa shape index (κ2) is 8.29. The molecule has 0 radical (unpaired) electrons. The first kappa shape index (κ1) is 19.9. The summed E-state index contributed by atoms with van der Waals surface area (Å²) in [7, 11) is -3.70. The van der Waals surface area contributed by atoms with Gasteiger partial charge < -0.3 is 4.74 Å². The molecule has 0 aliphatic rings. The molecule has 2 N–H and O–H groups in total. The Morgan fingerprint density at radius 3 is 2.46 bits per heavy atom. The summed E-state index contributed by atoms with van der Waals surface area (Å²) in [6, 6.07) is 11.0. The van der Waals surface area contributed by atoms with Crippen molar-refractivity contribution in [2.75, 3.05) is 6.26 Å². The lowest BCUT2D eigenvalue weighted by atomic mass is 9.99. The Hall–Kier alpha value is -2.45. The van der Waals surface area contributed by atoms with Crippen molar-refractivity contribution in [3.63, 3.8) is 0 Å². The van der Waals surface area contributed by atoms with E-state index in [0.717, 1.165) is 17.4 Å². The number of aromatic nitrogens is 1. The molecule has 0 saturated heterocycles. The van der Waals surface area contributed by atoms with Crippen LogP contribution in [0.1, 0.15) is 24.5 Å². The monoisotopic (exact) mass is 378 g/mol. The number of aryl methyl sites for hydroxylation is 1. The molecule has 2 rings (SSSR count). The maximum absolute atomic E-state index is 12.0. The number of benzene rings is 1. The van der Waals surface area contributed by atoms with Crippen LogP contribution in [0.15, 0.2) is 48.8 Å². The van der Waals surface area contributed by atoms with E-state index in [2.05, 4.69) is 4.98 Å². The molecule has 26 heavy (non-hydrogen) atoms. The lowest BCUT2D eigenvalue weighted by molar-refractivity contribution is -0.131. The van der Waals surface area contributed by atoms with Gasteiger partial charge >= 0.3 is 0 Å². The molecule has 1 aromatic heterocycles. The largest absolute Gasteiger partial charge is 0.489 e. The van der Waals surface area contributed by atoms with Crippen LogP contribution in [-0.2, 0) is 27.7 Å². The second-order valence-corrected chi connectivity index (χ2v) is 8.68. The molecule has 1 unspecified atom stereocenters. The number of nitrogens with zero attached hydrogens (tertiary/aromatic N) is 1. The zero-order valence-electron chi connectivity index (χ0n) is 14.7. The smallest absolute Gasteiger partial charge is 0.264 e. The van der Waals surface area contributed by atoms with Gasteiger partial charge in [-0.15, -0.1) is 0 Å². The third kappa shape index (κ3) is 4.80. The van der Waals surface area contributed by atoms with Crippen molar-refractivity contribution < 1.29 is 23.2 Å². The van der Waals surface area contributed by atoms with Crippen LogP contribution in [0.2, 0.25) is 0 Å². The predicted molar refractivity (Wildman–Crippen MR) is 96.5 cm³/mol. The van der Waals surface area contributed by atoms with Gasteiger partial charge in [0.05, 0.1) is 0 Å². The normalized spacial score (nSPS) is 13.7. The van der Waals surface area contributed by atoms with Gasteiger partial charge in [-0.1, -0.05) is 18.2 Å². The number of carbonyl (C=O) groups excluding carboxylic acids is 1. The van der Waals surface area contributed by atoms with Crippen molar-refractivity contribution in [1.82, 2.24) is 10.5 Å². The molecule has 0 spiro atoms. The molecule has 0 bridgehead atoms. The summed E-state index contributed by atoms with van der Waals surface area (Å²) in [5, 5.41) is 8.84. The van der Waals surface area contributed by atoms with E-state index in [0.29, 0.717) is 18.8 Å². The number of hydrogen-bond donors (Lipinski definition) is 2. The molecule has 7 nitrogen and oxygen atoms in total. The minimum absolute atomic E-state index is 0.0497. The van der Waals surface area contributed by atoms with Crippen molar-refractivity contribution in [2.45, 2.75) is 31.1 Å². The topological polar surface area (TPSA) is 106 Å². The third-order valence-corrected chi connectivity index (χ3v) is 6.37. The Labute approximate surface area is 152 Å². The quantitative estimate of drug-likeness (QED) is 0.537. The van der Waals surface area contributed by atoms with Crippen LogP contribution in [0.3, 0.4) is 0 Å². The fourth-order valence-corrected chi connectivity index (χ4v) is 3.23. The first-order valence-corrected chi connectivity index (χ1v) is 9.90. The number of carbonyl (C=O) groups is 1. The summed E-state index contributed by atoms with van der Waals surface area (Å²) < 4.78 is 27.9. The first-order chi connectivity index (χ1) is 12.3. The third-order valence-electron chi connectivity index (χ3n) is 4.34. The van der Waals surface area contributed by atoms with E-state index in [1.165, 1.54) is 12.4 Å². The number of amides is 1. The van der Waals surface area contributed by atoms with Crippen molar-refractivity contribution >= 4 is 15.7 Å². The minimum Gasteiger partial charge on any atom is -0.489 e. The predicted octanol–water partition coefficient (Wildman–Crippen LogP) is 1.90. The van der Waals surface area contributed by atoms with E-state index in [1.54, 1.807) is 24.5 Å². The van der Waals surface area contributed by atoms with Gasteiger partial charge in [0.25, 0.3) is 5.91 Å². The zero-order valence-corrected chi connectivity index (χ0v) is 15.5. The van der Waals surface area contributed by atoms with Crippen LogP contribution in [0.25, 0.3) is 0 Å². The first-order valence-electron chi connectivity index (χ1n) is 8.01. The summed E-state index contributed by atoms with van der Waals surface area (Å²) >= 11 is 0. The van der Waals surface area contributed by atoms with Crippen molar-refractivity contribution in [1.29, 1.82) is 0 Å². The second-order valence-electron chi connectivity index (χ2n) is 6.24. The lowest BCUT2D eigenvalue weighted by Gasteiger charge is -2.25. The SMILES string of the molecule is CC(CCc1ccc(OCc2cccnc2)cc1)(C(=O)NO)S(C)(=O)=O. The average molecular weight is 378 g/mol. The lowest BCUT2D eigenvalue weighted by Crippen LogP contribution is -2.49. The molecular formula is C18H22N2O5S. The molecule has 0 saturated carbocycles. The highest BCUT2D eigenvalue weighted by molar-refractivity contribution is 7.92. The van der Waals surface area contributed by atoms with Crippen molar-refractivity contribution in [3.05, 3.63) is 59.9 Å². The summed E-state index contributed by atoms with van der Waals surface area (Å²) in [4.78, 5) is 15.8. The van der Waals surface area contributed by atoms with Crippen LogP contribution in [0.4, 0.5) is 0 Å². The van der Waals surface area contributed by atoms with E-state index in [4.69, 9.17) is 9.94 Å². The van der Waals surface area contributed by atoms with Crippen molar-refractivity contribution in [3.8, 4) is 5.75 Å². The van der Waals surface area contributed by atoms with Crippen LogP contribution in [0, 0.1) is 0 Å². The van der Waals surface area contributed by atoms with Gasteiger partial charge in [0, 0.05) is 24.2 Å². The molecule has 1 amide bonds. The van der Waals surface area contributed by atoms with E-state index in [-0.39, 0.29) is 6.42 Å². The Morgan fingerprint density at radius 1 is 1.23 bits per heavy atom. The van der Waals surface area contributed by atoms with Gasteiger partial charge in [-0.05, 0) is 43.5 Å². The highest BCUT2D eigenvalue weighted by Gasteiger charge is 2.43. The standard InChI is InChI=1S/C18H22N2O5S/c1-18(17(21)20-22,26(2,23)24)10-9-14-5-7-16(8-6-14)25-13-15-4-3-11-19-12-15/h3-8,11-12,22H,9-10,13H2,1-2H3,(H,20,21). The molecule has 1 heterocycles. The maximum Gasteiger partial charge on any atom is 0.264 e. The maximum atomic E-state index is 12.0. The van der Waals surface area contributed by atoms with Crippen LogP contribution in [0.5, 0.6) is 5.75 Å². The number of hydroxylamine groups is 1. The molecule has 1 aromatic carbocycles. The molecule has 1 atom stereocenters. The molecular weight excluding hydrogens is 356 g/mol. The van der Waals surface area contributed by atoms with Crippen molar-refractivity contribution in [2.24, 2.45) is 0 Å². The number of pyridine rings is 1. The number of hydrogen-bond acceptors (Lipinski definition) is 6. The highest BCUT2D eigenvalue weighted by atomic mass is 32.2. The minimum atomic E-state index is -3.70. The van der Waals surface area contributed by atoms with E-state index in [1.807, 2.05) is 24.3 Å². The number of nitrogens with one attached hydrogen (secondary N) is 1. The van der Waals surface area contributed by atoms with Gasteiger partial charge in [0.2, 0.25) is 0 Å². The van der Waals surface area contributed by atoms with E-state index in [9.17, 15) is 13.2 Å². The summed E-state index contributed by atoms with van der Waals surface area (Å²) in [5.74, 6) is -0.256.